The van der Waals surface area contributed by atoms with E-state index in [0.29, 0.717) is 62.4 Å². The van der Waals surface area contributed by atoms with Gasteiger partial charge in [0.1, 0.15) is 5.82 Å². The van der Waals surface area contributed by atoms with Crippen molar-refractivity contribution in [2.75, 3.05) is 54.1 Å². The van der Waals surface area contributed by atoms with E-state index in [-0.39, 0.29) is 5.49 Å². The monoisotopic (exact) mass is 442 g/mol. The number of nitrogen functional groups attached to an aromatic ring is 1. The van der Waals surface area contributed by atoms with Crippen molar-refractivity contribution in [2.45, 2.75) is 12.1 Å². The first-order chi connectivity index (χ1) is 15.4. The number of nitrogens with two attached hydrogens (primary N) is 1. The highest BCUT2D eigenvalue weighted by Crippen LogP contribution is 2.34. The van der Waals surface area contributed by atoms with Gasteiger partial charge >= 0.3 is 0 Å². The van der Waals surface area contributed by atoms with Crippen LogP contribution >= 0.6 is 0 Å². The molecule has 4 heterocycles. The number of fused-ring (bicyclic) bond motifs is 1. The predicted octanol–water partition coefficient (Wildman–Crippen LogP) is 1.85. The van der Waals surface area contributed by atoms with E-state index in [0.717, 1.165) is 6.07 Å². The summed E-state index contributed by atoms with van der Waals surface area (Å²) in [5.41, 5.74) is 9.01. The molecule has 0 radical (unpaired) electrons. The highest BCUT2D eigenvalue weighted by atomic mass is 19.2. The van der Waals surface area contributed by atoms with E-state index in [4.69, 9.17) is 15.6 Å². The molecule has 1 atom stereocenters. The van der Waals surface area contributed by atoms with Crippen LogP contribution in [0.3, 0.4) is 0 Å². The third-order valence-electron chi connectivity index (χ3n) is 6.00. The zero-order valence-electron chi connectivity index (χ0n) is 17.3. The molecule has 0 spiro atoms. The van der Waals surface area contributed by atoms with Crippen molar-refractivity contribution < 1.29 is 13.2 Å². The Kier molecular flexibility index (Phi) is 4.97. The van der Waals surface area contributed by atoms with Gasteiger partial charge in [0, 0.05) is 45.2 Å². The number of nitrogens with one attached hydrogen (secondary N) is 3. The van der Waals surface area contributed by atoms with Crippen LogP contribution in [-0.4, -0.2) is 47.3 Å². The Morgan fingerprint density at radius 3 is 2.72 bits per heavy atom. The van der Waals surface area contributed by atoms with Gasteiger partial charge in [-0.25, -0.2) is 13.5 Å². The molecule has 0 bridgehead atoms. The second kappa shape index (κ2) is 7.83. The largest absolute Gasteiger partial charge is 0.465 e. The van der Waals surface area contributed by atoms with Crippen LogP contribution in [0.1, 0.15) is 12.2 Å². The van der Waals surface area contributed by atoms with Gasteiger partial charge in [-0.15, -0.1) is 0 Å². The summed E-state index contributed by atoms with van der Waals surface area (Å²) in [6.45, 7) is 3.33. The first kappa shape index (κ1) is 20.3. The topological polar surface area (TPSA) is 111 Å². The molecule has 1 aromatic carbocycles. The fourth-order valence-electron chi connectivity index (χ4n) is 4.29. The van der Waals surface area contributed by atoms with Gasteiger partial charge in [0.15, 0.2) is 28.5 Å². The number of aromatic nitrogens is 2. The van der Waals surface area contributed by atoms with Crippen molar-refractivity contribution in [1.29, 1.82) is 5.41 Å². The van der Waals surface area contributed by atoms with Crippen molar-refractivity contribution in [3.05, 3.63) is 65.5 Å². The van der Waals surface area contributed by atoms with E-state index in [9.17, 15) is 8.78 Å². The Hall–Kier alpha value is -3.60. The highest BCUT2D eigenvalue weighted by Gasteiger charge is 2.42. The normalized spacial score (nSPS) is 20.6. The summed E-state index contributed by atoms with van der Waals surface area (Å²) in [5, 5.41) is 11.2. The summed E-state index contributed by atoms with van der Waals surface area (Å²) >= 11 is 0. The first-order valence-corrected chi connectivity index (χ1v) is 10.4. The zero-order chi connectivity index (χ0) is 22.3. The Morgan fingerprint density at radius 2 is 1.97 bits per heavy atom. The number of rotatable bonds is 5. The minimum absolute atomic E-state index is 0.0685. The molecular formula is C21H24F2N8O. The van der Waals surface area contributed by atoms with E-state index in [1.807, 2.05) is 17.0 Å². The fraction of sp³-hybridized carbons (Fsp3) is 0.333. The number of nitrogens with zero attached hydrogens (tertiary/aromatic N) is 4. The maximum absolute atomic E-state index is 14.1. The smallest absolute Gasteiger partial charge is 0.227 e. The van der Waals surface area contributed by atoms with Crippen molar-refractivity contribution in [2.24, 2.45) is 0 Å². The zero-order valence-corrected chi connectivity index (χ0v) is 17.3. The molecule has 2 aliphatic rings. The summed E-state index contributed by atoms with van der Waals surface area (Å²) in [7, 11) is 0. The van der Waals surface area contributed by atoms with Gasteiger partial charge in [0.05, 0.1) is 12.0 Å². The molecule has 32 heavy (non-hydrogen) atoms. The lowest BCUT2D eigenvalue weighted by Crippen LogP contribution is -2.49. The maximum atomic E-state index is 14.1. The number of halogens is 2. The molecule has 0 aliphatic carbocycles. The second-order valence-corrected chi connectivity index (χ2v) is 8.00. The van der Waals surface area contributed by atoms with Crippen LogP contribution in [0.15, 0.2) is 47.1 Å². The third kappa shape index (κ3) is 3.54. The maximum Gasteiger partial charge on any atom is 0.227 e. The summed E-state index contributed by atoms with van der Waals surface area (Å²) in [4.78, 5) is 8.36. The van der Waals surface area contributed by atoms with Crippen molar-refractivity contribution in [1.82, 2.24) is 14.6 Å². The molecule has 0 saturated carbocycles. The predicted molar refractivity (Wildman–Crippen MR) is 115 cm³/mol. The van der Waals surface area contributed by atoms with E-state index < -0.39 is 17.3 Å². The molecule has 1 fully saturated rings. The molecule has 5 rings (SSSR count). The molecule has 9 nitrogen and oxygen atoms in total. The summed E-state index contributed by atoms with van der Waals surface area (Å²) < 4.78 is 35.0. The van der Waals surface area contributed by atoms with Gasteiger partial charge in [-0.2, -0.15) is 4.98 Å². The molecule has 3 aromatic rings. The van der Waals surface area contributed by atoms with Crippen LogP contribution < -0.4 is 26.9 Å². The molecule has 1 unspecified atom stereocenters. The first-order valence-electron chi connectivity index (χ1n) is 10.4. The number of piperazine rings is 1. The number of benzene rings is 1. The number of hydrogen-bond donors (Lipinski definition) is 4. The average Bonchev–Trinajstić information content (AvgIpc) is 3.44. The van der Waals surface area contributed by atoms with Crippen molar-refractivity contribution >= 4 is 17.5 Å². The lowest BCUT2D eigenvalue weighted by Gasteiger charge is -2.38. The molecule has 5 N–H and O–H groups in total. The van der Waals surface area contributed by atoms with Crippen LogP contribution in [-0.2, 0) is 5.66 Å². The van der Waals surface area contributed by atoms with Crippen LogP contribution in [0.5, 0.6) is 0 Å². The lowest BCUT2D eigenvalue weighted by atomic mass is 10.0. The minimum Gasteiger partial charge on any atom is -0.465 e. The fourth-order valence-corrected chi connectivity index (χ4v) is 4.29. The summed E-state index contributed by atoms with van der Waals surface area (Å²) in [6, 6.07) is 9.43. The summed E-state index contributed by atoms with van der Waals surface area (Å²) in [5.74, 6) is -0.144. The summed E-state index contributed by atoms with van der Waals surface area (Å²) in [6.07, 6.45) is 2.22. The Labute approximate surface area is 182 Å². The van der Waals surface area contributed by atoms with Gasteiger partial charge in [-0.05, 0) is 24.3 Å². The van der Waals surface area contributed by atoms with Crippen molar-refractivity contribution in [3.63, 3.8) is 0 Å². The minimum atomic E-state index is -0.829. The van der Waals surface area contributed by atoms with Gasteiger partial charge in [-0.3, -0.25) is 15.7 Å². The number of furan rings is 1. The Bertz CT molecular complexity index is 1170. The van der Waals surface area contributed by atoms with Crippen LogP contribution in [0.25, 0.3) is 0 Å². The second-order valence-electron chi connectivity index (χ2n) is 8.00. The van der Waals surface area contributed by atoms with E-state index in [2.05, 4.69) is 20.6 Å². The average molecular weight is 442 g/mol. The Morgan fingerprint density at radius 1 is 1.16 bits per heavy atom. The molecule has 168 valence electrons. The Balaban J connectivity index is 1.28. The molecule has 0 amide bonds. The quantitative estimate of drug-likeness (QED) is 0.477. The standard InChI is InChI=1S/C21H24F2N8O/c22-14-3-1-4-15(19(14)23)30-10-8-29(9-11-30)7-6-21(16-5-2-12-32-16)27-20-26-17(24)13-18(25)31(20)28-21/h1-5,12-13,28H,6-11,25H2,(H2,24,26,27). The molecular weight excluding hydrogens is 418 g/mol. The third-order valence-corrected chi connectivity index (χ3v) is 6.00. The molecule has 2 aliphatic heterocycles. The lowest BCUT2D eigenvalue weighted by molar-refractivity contribution is 0.229. The SMILES string of the molecule is N=c1cc(N)n2c(n1)NC(CCN1CCN(c3cccc(F)c3F)CC1)(c1ccco1)N2. The van der Waals surface area contributed by atoms with Crippen LogP contribution in [0.4, 0.5) is 26.2 Å². The van der Waals surface area contributed by atoms with Gasteiger partial charge in [0.2, 0.25) is 5.95 Å². The van der Waals surface area contributed by atoms with Gasteiger partial charge in [-0.1, -0.05) is 6.07 Å². The molecule has 1 saturated heterocycles. The van der Waals surface area contributed by atoms with Crippen molar-refractivity contribution in [3.8, 4) is 0 Å². The van der Waals surface area contributed by atoms with Gasteiger partial charge < -0.3 is 20.4 Å². The molecule has 2 aromatic heterocycles. The van der Waals surface area contributed by atoms with E-state index >= 15 is 0 Å². The van der Waals surface area contributed by atoms with E-state index in [1.165, 1.54) is 12.1 Å². The van der Waals surface area contributed by atoms with Crippen LogP contribution in [0.2, 0.25) is 0 Å². The highest BCUT2D eigenvalue weighted by molar-refractivity contribution is 5.50. The number of hydrogen-bond acceptors (Lipinski definition) is 8. The number of anilines is 3. The van der Waals surface area contributed by atoms with E-state index in [1.54, 1.807) is 17.0 Å². The van der Waals surface area contributed by atoms with Crippen LogP contribution in [0, 0.1) is 17.0 Å². The van der Waals surface area contributed by atoms with Gasteiger partial charge in [0.25, 0.3) is 0 Å². The molecule has 11 heteroatoms.